The van der Waals surface area contributed by atoms with E-state index in [-0.39, 0.29) is 18.4 Å². The SMILES string of the molecule is Cc1cc(COC(=O)c2ccccc2NC(=O)CC(C)C)nn1C. The van der Waals surface area contributed by atoms with Crippen LogP contribution in [-0.4, -0.2) is 21.7 Å². The van der Waals surface area contributed by atoms with E-state index in [0.29, 0.717) is 23.4 Å². The summed E-state index contributed by atoms with van der Waals surface area (Å²) in [6, 6.07) is 8.70. The van der Waals surface area contributed by atoms with Crippen molar-refractivity contribution < 1.29 is 14.3 Å². The lowest BCUT2D eigenvalue weighted by molar-refractivity contribution is -0.116. The van der Waals surface area contributed by atoms with Gasteiger partial charge in [-0.1, -0.05) is 26.0 Å². The summed E-state index contributed by atoms with van der Waals surface area (Å²) in [6.07, 6.45) is 0.399. The van der Waals surface area contributed by atoms with Crippen LogP contribution in [0.4, 0.5) is 5.69 Å². The molecule has 1 amide bonds. The van der Waals surface area contributed by atoms with Crippen LogP contribution in [0.2, 0.25) is 0 Å². The lowest BCUT2D eigenvalue weighted by atomic mass is 10.1. The zero-order valence-electron chi connectivity index (χ0n) is 14.5. The molecule has 1 aromatic carbocycles. The molecule has 128 valence electrons. The van der Waals surface area contributed by atoms with Crippen LogP contribution < -0.4 is 5.32 Å². The summed E-state index contributed by atoms with van der Waals surface area (Å²) in [4.78, 5) is 24.3. The molecule has 0 aliphatic heterocycles. The minimum Gasteiger partial charge on any atom is -0.455 e. The molecule has 2 aromatic rings. The molecule has 1 N–H and O–H groups in total. The number of rotatable bonds is 6. The van der Waals surface area contributed by atoms with Crippen LogP contribution in [0.5, 0.6) is 0 Å². The Kier molecular flexibility index (Phi) is 5.73. The number of anilines is 1. The number of hydrogen-bond donors (Lipinski definition) is 1. The summed E-state index contributed by atoms with van der Waals surface area (Å²) in [5.74, 6) is -0.360. The number of carbonyl (C=O) groups excluding carboxylic acids is 2. The van der Waals surface area contributed by atoms with Crippen LogP contribution in [0.1, 0.15) is 42.0 Å². The van der Waals surface area contributed by atoms with Crippen LogP contribution in [0.25, 0.3) is 0 Å². The maximum absolute atomic E-state index is 12.3. The van der Waals surface area contributed by atoms with Gasteiger partial charge in [0.15, 0.2) is 0 Å². The van der Waals surface area contributed by atoms with Crippen LogP contribution in [-0.2, 0) is 23.2 Å². The molecule has 0 unspecified atom stereocenters. The second kappa shape index (κ2) is 7.77. The number of benzene rings is 1. The zero-order valence-corrected chi connectivity index (χ0v) is 14.5. The number of esters is 1. The molecule has 0 fully saturated rings. The van der Waals surface area contributed by atoms with E-state index in [1.54, 1.807) is 28.9 Å². The molecule has 0 radical (unpaired) electrons. The zero-order chi connectivity index (χ0) is 17.7. The Balaban J connectivity index is 2.04. The molecule has 24 heavy (non-hydrogen) atoms. The molecule has 0 spiro atoms. The highest BCUT2D eigenvalue weighted by atomic mass is 16.5. The molecule has 1 heterocycles. The number of hydrogen-bond acceptors (Lipinski definition) is 4. The molecule has 1 aromatic heterocycles. The molecular weight excluding hydrogens is 306 g/mol. The highest BCUT2D eigenvalue weighted by Gasteiger charge is 2.15. The number of aromatic nitrogens is 2. The van der Waals surface area contributed by atoms with Gasteiger partial charge in [0, 0.05) is 19.2 Å². The fourth-order valence-corrected chi connectivity index (χ4v) is 2.26. The Morgan fingerprint density at radius 3 is 2.62 bits per heavy atom. The van der Waals surface area contributed by atoms with Crippen LogP contribution in [0, 0.1) is 12.8 Å². The van der Waals surface area contributed by atoms with E-state index in [0.717, 1.165) is 5.69 Å². The van der Waals surface area contributed by atoms with E-state index in [9.17, 15) is 9.59 Å². The highest BCUT2D eigenvalue weighted by Crippen LogP contribution is 2.18. The lowest BCUT2D eigenvalue weighted by Crippen LogP contribution is -2.17. The van der Waals surface area contributed by atoms with Gasteiger partial charge < -0.3 is 10.1 Å². The number of nitrogens with one attached hydrogen (secondary N) is 1. The van der Waals surface area contributed by atoms with Gasteiger partial charge in [0.1, 0.15) is 12.3 Å². The molecular formula is C18H23N3O3. The van der Waals surface area contributed by atoms with Gasteiger partial charge >= 0.3 is 5.97 Å². The molecule has 6 heteroatoms. The number of amides is 1. The first kappa shape index (κ1) is 17.7. The Morgan fingerprint density at radius 1 is 1.29 bits per heavy atom. The van der Waals surface area contributed by atoms with E-state index in [1.807, 2.05) is 33.9 Å². The number of ether oxygens (including phenoxy) is 1. The van der Waals surface area contributed by atoms with Gasteiger partial charge in [-0.05, 0) is 31.0 Å². The molecule has 0 atom stereocenters. The van der Waals surface area contributed by atoms with Gasteiger partial charge in [0.25, 0.3) is 0 Å². The van der Waals surface area contributed by atoms with E-state index in [1.165, 1.54) is 0 Å². The second-order valence-electron chi connectivity index (χ2n) is 6.17. The minimum absolute atomic E-state index is 0.0921. The average molecular weight is 329 g/mol. The molecule has 0 bridgehead atoms. The third kappa shape index (κ3) is 4.68. The third-order valence-electron chi connectivity index (χ3n) is 3.53. The first-order valence-corrected chi connectivity index (χ1v) is 7.92. The van der Waals surface area contributed by atoms with Gasteiger partial charge in [-0.15, -0.1) is 0 Å². The fourth-order valence-electron chi connectivity index (χ4n) is 2.26. The van der Waals surface area contributed by atoms with Crippen molar-refractivity contribution in [2.24, 2.45) is 13.0 Å². The van der Waals surface area contributed by atoms with Crippen molar-refractivity contribution in [2.45, 2.75) is 33.8 Å². The topological polar surface area (TPSA) is 73.2 Å². The smallest absolute Gasteiger partial charge is 0.340 e. The predicted octanol–water partition coefficient (Wildman–Crippen LogP) is 3.07. The van der Waals surface area contributed by atoms with Crippen molar-refractivity contribution in [1.29, 1.82) is 0 Å². The quantitative estimate of drug-likeness (QED) is 0.827. The van der Waals surface area contributed by atoms with Gasteiger partial charge in [-0.3, -0.25) is 9.48 Å². The van der Waals surface area contributed by atoms with Crippen LogP contribution in [0.15, 0.2) is 30.3 Å². The number of carbonyl (C=O) groups is 2. The monoisotopic (exact) mass is 329 g/mol. The summed E-state index contributed by atoms with van der Waals surface area (Å²) < 4.78 is 7.05. The summed E-state index contributed by atoms with van der Waals surface area (Å²) in [5.41, 5.74) is 2.47. The summed E-state index contributed by atoms with van der Waals surface area (Å²) in [7, 11) is 1.83. The van der Waals surface area contributed by atoms with E-state index in [2.05, 4.69) is 10.4 Å². The van der Waals surface area contributed by atoms with Gasteiger partial charge in [-0.25, -0.2) is 4.79 Å². The molecule has 0 saturated carbocycles. The van der Waals surface area contributed by atoms with Crippen molar-refractivity contribution in [3.63, 3.8) is 0 Å². The van der Waals surface area contributed by atoms with Crippen molar-refractivity contribution in [3.05, 3.63) is 47.3 Å². The molecule has 0 aliphatic carbocycles. The number of aryl methyl sites for hydroxylation is 2. The Bertz CT molecular complexity index is 715. The normalized spacial score (nSPS) is 10.7. The van der Waals surface area contributed by atoms with Crippen molar-refractivity contribution in [1.82, 2.24) is 9.78 Å². The summed E-state index contributed by atoms with van der Waals surface area (Å²) >= 11 is 0. The molecule has 6 nitrogen and oxygen atoms in total. The Labute approximate surface area is 141 Å². The summed E-state index contributed by atoms with van der Waals surface area (Å²) in [5, 5.41) is 7.02. The molecule has 0 aliphatic rings. The first-order valence-electron chi connectivity index (χ1n) is 7.92. The van der Waals surface area contributed by atoms with E-state index >= 15 is 0 Å². The van der Waals surface area contributed by atoms with Crippen LogP contribution in [0.3, 0.4) is 0 Å². The Hall–Kier alpha value is -2.63. The van der Waals surface area contributed by atoms with E-state index < -0.39 is 5.97 Å². The maximum Gasteiger partial charge on any atom is 0.340 e. The highest BCUT2D eigenvalue weighted by molar-refractivity contribution is 6.01. The Morgan fingerprint density at radius 2 is 2.00 bits per heavy atom. The van der Waals surface area contributed by atoms with Crippen molar-refractivity contribution in [3.8, 4) is 0 Å². The van der Waals surface area contributed by atoms with Crippen LogP contribution >= 0.6 is 0 Å². The third-order valence-corrected chi connectivity index (χ3v) is 3.53. The second-order valence-corrected chi connectivity index (χ2v) is 6.17. The van der Waals surface area contributed by atoms with Gasteiger partial charge in [0.05, 0.1) is 11.3 Å². The lowest BCUT2D eigenvalue weighted by Gasteiger charge is -2.11. The number of nitrogens with zero attached hydrogens (tertiary/aromatic N) is 2. The fraction of sp³-hybridized carbons (Fsp3) is 0.389. The minimum atomic E-state index is -0.487. The predicted molar refractivity (Wildman–Crippen MR) is 91.6 cm³/mol. The molecule has 0 saturated heterocycles. The van der Waals surface area contributed by atoms with Crippen molar-refractivity contribution >= 4 is 17.6 Å². The number of para-hydroxylation sites is 1. The largest absolute Gasteiger partial charge is 0.455 e. The maximum atomic E-state index is 12.3. The average Bonchev–Trinajstić information content (AvgIpc) is 2.83. The standard InChI is InChI=1S/C18H23N3O3/c1-12(2)9-17(22)19-16-8-6-5-7-15(16)18(23)24-11-14-10-13(3)21(4)20-14/h5-8,10,12H,9,11H2,1-4H3,(H,19,22). The van der Waals surface area contributed by atoms with Gasteiger partial charge in [0.2, 0.25) is 5.91 Å². The summed E-state index contributed by atoms with van der Waals surface area (Å²) in [6.45, 7) is 5.95. The first-order chi connectivity index (χ1) is 11.4. The van der Waals surface area contributed by atoms with Gasteiger partial charge in [-0.2, -0.15) is 5.10 Å². The molecule has 2 rings (SSSR count). The van der Waals surface area contributed by atoms with E-state index in [4.69, 9.17) is 4.74 Å². The van der Waals surface area contributed by atoms with Crippen molar-refractivity contribution in [2.75, 3.05) is 5.32 Å².